The molecule has 2 aromatic heterocycles. The molecular weight excluding hydrogens is 582 g/mol. The quantitative estimate of drug-likeness (QED) is 0.156. The lowest BCUT2D eigenvalue weighted by atomic mass is 10.1. The molecule has 0 atom stereocenters. The van der Waals surface area contributed by atoms with Crippen LogP contribution < -0.4 is 29.9 Å². The van der Waals surface area contributed by atoms with E-state index in [1.165, 1.54) is 5.56 Å². The van der Waals surface area contributed by atoms with Crippen molar-refractivity contribution in [1.29, 1.82) is 0 Å². The summed E-state index contributed by atoms with van der Waals surface area (Å²) in [6, 6.07) is 10.0. The molecule has 0 bridgehead atoms. The molecule has 0 N–H and O–H groups in total. The number of hydrogen-bond donors (Lipinski definition) is 0. The summed E-state index contributed by atoms with van der Waals surface area (Å²) >= 11 is 0. The lowest BCUT2D eigenvalue weighted by Crippen LogP contribution is -2.45. The van der Waals surface area contributed by atoms with Crippen LogP contribution in [0.25, 0.3) is 11.2 Å². The summed E-state index contributed by atoms with van der Waals surface area (Å²) in [6.07, 6.45) is 1.83. The van der Waals surface area contributed by atoms with Crippen LogP contribution in [0.3, 0.4) is 0 Å². The Morgan fingerprint density at radius 1 is 0.841 bits per heavy atom. The number of carbonyl (C=O) groups is 4. The summed E-state index contributed by atoms with van der Waals surface area (Å²) in [4.78, 5) is 50.1. The minimum Gasteiger partial charge on any atom is -0.543 e. The van der Waals surface area contributed by atoms with E-state index in [1.807, 2.05) is 37.4 Å². The zero-order valence-corrected chi connectivity index (χ0v) is 24.6. The van der Waals surface area contributed by atoms with Gasteiger partial charge < -0.3 is 58.4 Å². The number of imidazole rings is 1. The molecule has 3 heterocycles. The Morgan fingerprint density at radius 3 is 1.95 bits per heavy atom. The number of piperazine rings is 1. The first kappa shape index (κ1) is 35.4. The standard InChI is InChI=1S/C24H33N5O3.2C2H2O4/c1-4-32-15-14-29-23(26-21-6-5-9-25-24(21)29)18-28-12-10-27(11-13-28)17-19-7-8-20(30-2)16-22(19)31-3;2*3-1(4)2(5)6/h5-9,16H,4,10-15,17-18H2,1-3H3;2*(H,3,4)(H,5,6)/p-4. The second kappa shape index (κ2) is 18.0. The SMILES string of the molecule is CCOCCn1c(CN2CCN(Cc3ccc(OC)cc3OC)CC2)nc2cccnc21.O=C([O-])C(=O)[O-].O=C([O-])C(=O)[O-]. The number of carbonyl (C=O) groups excluding carboxylic acids is 4. The van der Waals surface area contributed by atoms with E-state index in [4.69, 9.17) is 58.8 Å². The first-order valence-electron chi connectivity index (χ1n) is 13.4. The highest BCUT2D eigenvalue weighted by atomic mass is 16.5. The van der Waals surface area contributed by atoms with Gasteiger partial charge in [0.1, 0.15) is 22.8 Å². The largest absolute Gasteiger partial charge is 0.543 e. The number of aliphatic carboxylic acids is 4. The third-order valence-corrected chi connectivity index (χ3v) is 6.30. The predicted octanol–water partition coefficient (Wildman–Crippen LogP) is -4.22. The molecule has 0 radical (unpaired) electrons. The summed E-state index contributed by atoms with van der Waals surface area (Å²) < 4.78 is 18.7. The van der Waals surface area contributed by atoms with Gasteiger partial charge in [-0.3, -0.25) is 9.80 Å². The average molecular weight is 616 g/mol. The summed E-state index contributed by atoms with van der Waals surface area (Å²) in [5.41, 5.74) is 3.07. The number of benzene rings is 1. The lowest BCUT2D eigenvalue weighted by Gasteiger charge is -2.34. The number of methoxy groups -OCH3 is 2. The fraction of sp³-hybridized carbons (Fsp3) is 0.429. The highest BCUT2D eigenvalue weighted by Crippen LogP contribution is 2.26. The molecule has 1 aromatic carbocycles. The van der Waals surface area contributed by atoms with Crippen molar-refractivity contribution in [3.63, 3.8) is 0 Å². The van der Waals surface area contributed by atoms with Crippen LogP contribution in [0, 0.1) is 0 Å². The molecule has 0 unspecified atom stereocenters. The maximum absolute atomic E-state index is 8.93. The second-order valence-electron chi connectivity index (χ2n) is 9.10. The normalized spacial score (nSPS) is 13.2. The first-order valence-corrected chi connectivity index (χ1v) is 13.4. The van der Waals surface area contributed by atoms with E-state index >= 15 is 0 Å². The summed E-state index contributed by atoms with van der Waals surface area (Å²) in [5, 5.41) is 35.7. The average Bonchev–Trinajstić information content (AvgIpc) is 3.35. The number of ether oxygens (including phenoxy) is 3. The molecule has 16 nitrogen and oxygen atoms in total. The maximum Gasteiger partial charge on any atom is 0.160 e. The third kappa shape index (κ3) is 11.1. The van der Waals surface area contributed by atoms with Crippen LogP contribution >= 0.6 is 0 Å². The van der Waals surface area contributed by atoms with Crippen molar-refractivity contribution in [3.8, 4) is 11.5 Å². The van der Waals surface area contributed by atoms with Crippen LogP contribution in [0.15, 0.2) is 36.5 Å². The monoisotopic (exact) mass is 615 g/mol. The molecule has 0 amide bonds. The van der Waals surface area contributed by atoms with E-state index < -0.39 is 23.9 Å². The van der Waals surface area contributed by atoms with Crippen LogP contribution in [0.2, 0.25) is 0 Å². The van der Waals surface area contributed by atoms with Gasteiger partial charge in [-0.05, 0) is 25.1 Å². The van der Waals surface area contributed by atoms with Gasteiger partial charge in [0.25, 0.3) is 0 Å². The molecule has 16 heteroatoms. The Labute approximate surface area is 253 Å². The van der Waals surface area contributed by atoms with E-state index in [9.17, 15) is 0 Å². The van der Waals surface area contributed by atoms with Crippen LogP contribution in [0.4, 0.5) is 0 Å². The summed E-state index contributed by atoms with van der Waals surface area (Å²) in [7, 11) is 3.39. The highest BCUT2D eigenvalue weighted by Gasteiger charge is 2.21. The van der Waals surface area contributed by atoms with Crippen LogP contribution in [-0.4, -0.2) is 102 Å². The van der Waals surface area contributed by atoms with Gasteiger partial charge in [0.15, 0.2) is 5.65 Å². The van der Waals surface area contributed by atoms with Gasteiger partial charge in [-0.2, -0.15) is 0 Å². The van der Waals surface area contributed by atoms with Crippen molar-refractivity contribution in [2.24, 2.45) is 0 Å². The number of hydrogen-bond acceptors (Lipinski definition) is 15. The molecule has 0 spiro atoms. The number of fused-ring (bicyclic) bond motifs is 1. The van der Waals surface area contributed by atoms with Gasteiger partial charge in [0.05, 0.1) is 51.2 Å². The summed E-state index contributed by atoms with van der Waals surface area (Å²) in [5.74, 6) is -5.99. The number of nitrogens with zero attached hydrogens (tertiary/aromatic N) is 5. The highest BCUT2D eigenvalue weighted by molar-refractivity contribution is 6.25. The molecule has 0 aliphatic carbocycles. The Bertz CT molecular complexity index is 1360. The van der Waals surface area contributed by atoms with Gasteiger partial charge in [-0.1, -0.05) is 6.07 Å². The Balaban J connectivity index is 0.000000477. The number of carboxylic acids is 4. The fourth-order valence-corrected chi connectivity index (χ4v) is 4.19. The zero-order valence-electron chi connectivity index (χ0n) is 24.6. The van der Waals surface area contributed by atoms with E-state index in [0.717, 1.165) is 80.9 Å². The van der Waals surface area contributed by atoms with Gasteiger partial charge in [-0.15, -0.1) is 0 Å². The van der Waals surface area contributed by atoms with Crippen molar-refractivity contribution in [1.82, 2.24) is 24.3 Å². The smallest absolute Gasteiger partial charge is 0.160 e. The van der Waals surface area contributed by atoms with E-state index in [2.05, 4.69) is 25.4 Å². The van der Waals surface area contributed by atoms with E-state index in [1.54, 1.807) is 14.2 Å². The fourth-order valence-electron chi connectivity index (χ4n) is 4.19. The molecular formula is C28H33N5O11-4. The molecule has 0 saturated carbocycles. The van der Waals surface area contributed by atoms with Gasteiger partial charge in [-0.25, -0.2) is 9.97 Å². The maximum atomic E-state index is 8.93. The van der Waals surface area contributed by atoms with E-state index in [-0.39, 0.29) is 0 Å². The molecule has 1 aliphatic heterocycles. The first-order chi connectivity index (χ1) is 21.0. The molecule has 240 valence electrons. The van der Waals surface area contributed by atoms with Crippen LogP contribution in [0.1, 0.15) is 18.3 Å². The summed E-state index contributed by atoms with van der Waals surface area (Å²) in [6.45, 7) is 9.89. The van der Waals surface area contributed by atoms with Crippen molar-refractivity contribution < 1.29 is 53.8 Å². The number of pyridine rings is 1. The Hall–Kier alpha value is -4.80. The van der Waals surface area contributed by atoms with Crippen molar-refractivity contribution >= 4 is 35.0 Å². The molecule has 1 fully saturated rings. The van der Waals surface area contributed by atoms with Crippen LogP contribution in [0.5, 0.6) is 11.5 Å². The molecule has 44 heavy (non-hydrogen) atoms. The Kier molecular flexibility index (Phi) is 14.5. The number of carboxylic acid groups (broad SMARTS) is 4. The molecule has 3 aromatic rings. The zero-order chi connectivity index (χ0) is 32.6. The molecule has 1 saturated heterocycles. The minimum absolute atomic E-state index is 0.670. The van der Waals surface area contributed by atoms with E-state index in [0.29, 0.717) is 6.61 Å². The molecule has 4 rings (SSSR count). The Morgan fingerprint density at radius 2 is 1.43 bits per heavy atom. The predicted molar refractivity (Wildman–Crippen MR) is 144 cm³/mol. The minimum atomic E-state index is -2.19. The third-order valence-electron chi connectivity index (χ3n) is 6.30. The van der Waals surface area contributed by atoms with Gasteiger partial charge in [0, 0.05) is 63.7 Å². The van der Waals surface area contributed by atoms with Crippen molar-refractivity contribution in [3.05, 3.63) is 47.9 Å². The topological polar surface area (TPSA) is 225 Å². The lowest BCUT2D eigenvalue weighted by molar-refractivity contribution is -0.345. The van der Waals surface area contributed by atoms with Crippen molar-refractivity contribution in [2.75, 3.05) is 53.6 Å². The number of aromatic nitrogens is 3. The van der Waals surface area contributed by atoms with Gasteiger partial charge in [0.2, 0.25) is 0 Å². The van der Waals surface area contributed by atoms with Gasteiger partial charge >= 0.3 is 0 Å². The second-order valence-corrected chi connectivity index (χ2v) is 9.10. The van der Waals surface area contributed by atoms with Crippen LogP contribution in [-0.2, 0) is 43.5 Å². The molecule has 1 aliphatic rings. The number of rotatable bonds is 10. The van der Waals surface area contributed by atoms with Crippen molar-refractivity contribution in [2.45, 2.75) is 26.6 Å².